The van der Waals surface area contributed by atoms with Crippen molar-refractivity contribution in [2.24, 2.45) is 0 Å². The molecule has 0 saturated heterocycles. The van der Waals surface area contributed by atoms with Gasteiger partial charge in [0.2, 0.25) is 0 Å². The molecule has 1 aromatic heterocycles. The van der Waals surface area contributed by atoms with E-state index in [0.29, 0.717) is 11.3 Å². The number of phenols is 1. The van der Waals surface area contributed by atoms with Crippen LogP contribution >= 0.6 is 0 Å². The maximum atomic E-state index is 11.6. The van der Waals surface area contributed by atoms with Gasteiger partial charge in [-0.25, -0.2) is 4.68 Å². The second kappa shape index (κ2) is 3.62. The second-order valence-corrected chi connectivity index (χ2v) is 3.12. The predicted octanol–water partition coefficient (Wildman–Crippen LogP) is 0.364. The van der Waals surface area contributed by atoms with Crippen molar-refractivity contribution in [2.45, 2.75) is 6.61 Å². The first-order valence-corrected chi connectivity index (χ1v) is 4.42. The maximum absolute atomic E-state index is 11.6. The summed E-state index contributed by atoms with van der Waals surface area (Å²) in [4.78, 5) is 11.6. The number of hydrogen-bond acceptors (Lipinski definition) is 3. The summed E-state index contributed by atoms with van der Waals surface area (Å²) in [5, 5.41) is 20.8. The fourth-order valence-corrected chi connectivity index (χ4v) is 1.34. The van der Waals surface area contributed by atoms with Gasteiger partial charge in [-0.15, -0.1) is 0 Å². The maximum Gasteiger partial charge on any atom is 0.276 e. The Morgan fingerprint density at radius 2 is 2.20 bits per heavy atom. The Bertz CT molecular complexity index is 527. The number of aliphatic hydroxyl groups excluding tert-OH is 1. The summed E-state index contributed by atoms with van der Waals surface area (Å²) < 4.78 is 1.26. The van der Waals surface area contributed by atoms with E-state index in [1.807, 2.05) is 0 Å². The molecule has 2 aromatic rings. The molecule has 0 saturated carbocycles. The summed E-state index contributed by atoms with van der Waals surface area (Å²) in [6, 6.07) is 6.29. The third-order valence-electron chi connectivity index (χ3n) is 2.10. The van der Waals surface area contributed by atoms with Crippen LogP contribution in [0.3, 0.4) is 0 Å². The fourth-order valence-electron chi connectivity index (χ4n) is 1.34. The van der Waals surface area contributed by atoms with Crippen molar-refractivity contribution in [1.29, 1.82) is 0 Å². The molecule has 0 fully saturated rings. The molecule has 0 spiro atoms. The normalized spacial score (nSPS) is 10.5. The number of hydrogen-bond donors (Lipinski definition) is 3. The molecule has 1 heterocycles. The molecule has 0 unspecified atom stereocenters. The number of nitrogens with one attached hydrogen (secondary N) is 1. The molecule has 2 rings (SSSR count). The highest BCUT2D eigenvalue weighted by Crippen LogP contribution is 2.12. The summed E-state index contributed by atoms with van der Waals surface area (Å²) >= 11 is 0. The van der Waals surface area contributed by atoms with E-state index >= 15 is 0 Å². The zero-order valence-corrected chi connectivity index (χ0v) is 7.84. The van der Waals surface area contributed by atoms with Crippen molar-refractivity contribution in [3.63, 3.8) is 0 Å². The zero-order valence-electron chi connectivity index (χ0n) is 7.84. The smallest absolute Gasteiger partial charge is 0.276 e. The van der Waals surface area contributed by atoms with Crippen LogP contribution in [0.1, 0.15) is 5.56 Å². The van der Waals surface area contributed by atoms with Crippen LogP contribution in [-0.2, 0) is 6.61 Å². The van der Waals surface area contributed by atoms with E-state index in [0.717, 1.165) is 0 Å². The Morgan fingerprint density at radius 3 is 2.80 bits per heavy atom. The SMILES string of the molecule is O=c1c(CO)c[nH]n1-c1cccc(O)c1. The highest BCUT2D eigenvalue weighted by molar-refractivity contribution is 5.38. The molecule has 0 atom stereocenters. The summed E-state index contributed by atoms with van der Waals surface area (Å²) in [6.45, 7) is -0.304. The standard InChI is InChI=1S/C10H10N2O3/c13-6-7-5-11-12(10(7)15)8-2-1-3-9(14)4-8/h1-5,11,13-14H,6H2. The topological polar surface area (TPSA) is 78.2 Å². The number of benzene rings is 1. The van der Waals surface area contributed by atoms with Crippen LogP contribution in [0.2, 0.25) is 0 Å². The number of aromatic amines is 1. The van der Waals surface area contributed by atoms with E-state index in [9.17, 15) is 9.90 Å². The largest absolute Gasteiger partial charge is 0.508 e. The lowest BCUT2D eigenvalue weighted by atomic mass is 10.3. The molecule has 0 amide bonds. The average molecular weight is 206 g/mol. The minimum absolute atomic E-state index is 0.0829. The van der Waals surface area contributed by atoms with Crippen LogP contribution in [0.4, 0.5) is 0 Å². The zero-order chi connectivity index (χ0) is 10.8. The third kappa shape index (κ3) is 1.64. The van der Waals surface area contributed by atoms with E-state index in [1.165, 1.54) is 23.0 Å². The Kier molecular flexibility index (Phi) is 2.31. The molecule has 0 bridgehead atoms. The molecule has 0 radical (unpaired) electrons. The minimum atomic E-state index is -0.317. The van der Waals surface area contributed by atoms with Crippen LogP contribution in [0.25, 0.3) is 5.69 Å². The summed E-state index contributed by atoms with van der Waals surface area (Å²) in [5.41, 5.74) is 0.501. The number of rotatable bonds is 2. The molecule has 0 aliphatic carbocycles. The van der Waals surface area contributed by atoms with Gasteiger partial charge in [0.25, 0.3) is 5.56 Å². The van der Waals surface area contributed by atoms with Crippen molar-refractivity contribution < 1.29 is 10.2 Å². The van der Waals surface area contributed by atoms with Gasteiger partial charge in [-0.2, -0.15) is 0 Å². The highest BCUT2D eigenvalue weighted by Gasteiger charge is 2.06. The van der Waals surface area contributed by atoms with Gasteiger partial charge in [0.05, 0.1) is 17.9 Å². The Morgan fingerprint density at radius 1 is 1.40 bits per heavy atom. The molecule has 5 nitrogen and oxygen atoms in total. The lowest BCUT2D eigenvalue weighted by Crippen LogP contribution is -2.17. The number of aromatic nitrogens is 2. The minimum Gasteiger partial charge on any atom is -0.508 e. The van der Waals surface area contributed by atoms with Crippen LogP contribution in [0.5, 0.6) is 5.75 Å². The Balaban J connectivity index is 2.55. The van der Waals surface area contributed by atoms with E-state index in [4.69, 9.17) is 5.11 Å². The van der Waals surface area contributed by atoms with Crippen molar-refractivity contribution in [1.82, 2.24) is 9.78 Å². The van der Waals surface area contributed by atoms with Gasteiger partial charge in [-0.05, 0) is 12.1 Å². The van der Waals surface area contributed by atoms with Crippen molar-refractivity contribution >= 4 is 0 Å². The van der Waals surface area contributed by atoms with Crippen LogP contribution in [0.15, 0.2) is 35.3 Å². The first kappa shape index (κ1) is 9.54. The van der Waals surface area contributed by atoms with Crippen molar-refractivity contribution in [2.75, 3.05) is 0 Å². The van der Waals surface area contributed by atoms with E-state index in [-0.39, 0.29) is 17.9 Å². The van der Waals surface area contributed by atoms with Gasteiger partial charge in [0, 0.05) is 12.3 Å². The van der Waals surface area contributed by atoms with E-state index in [2.05, 4.69) is 5.10 Å². The van der Waals surface area contributed by atoms with Gasteiger partial charge >= 0.3 is 0 Å². The quantitative estimate of drug-likeness (QED) is 0.664. The summed E-state index contributed by atoms with van der Waals surface area (Å²) in [6.07, 6.45) is 1.44. The number of phenolic OH excluding ortho intramolecular Hbond substituents is 1. The van der Waals surface area contributed by atoms with Gasteiger partial charge in [0.15, 0.2) is 0 Å². The molecule has 78 valence electrons. The van der Waals surface area contributed by atoms with Crippen LogP contribution in [0, 0.1) is 0 Å². The number of H-pyrrole nitrogens is 1. The second-order valence-electron chi connectivity index (χ2n) is 3.12. The molecule has 3 N–H and O–H groups in total. The van der Waals surface area contributed by atoms with E-state index < -0.39 is 0 Å². The van der Waals surface area contributed by atoms with Gasteiger partial charge < -0.3 is 10.2 Å². The molecule has 5 heteroatoms. The number of nitrogens with zero attached hydrogens (tertiary/aromatic N) is 1. The monoisotopic (exact) mass is 206 g/mol. The molecular weight excluding hydrogens is 196 g/mol. The summed E-state index contributed by atoms with van der Waals surface area (Å²) in [5.74, 6) is 0.0829. The first-order chi connectivity index (χ1) is 7.22. The Labute approximate surface area is 85.2 Å². The lowest BCUT2D eigenvalue weighted by Gasteiger charge is -2.01. The van der Waals surface area contributed by atoms with Crippen LogP contribution < -0.4 is 5.56 Å². The predicted molar refractivity (Wildman–Crippen MR) is 54.0 cm³/mol. The first-order valence-electron chi connectivity index (χ1n) is 4.42. The average Bonchev–Trinajstić information content (AvgIpc) is 2.59. The summed E-state index contributed by atoms with van der Waals surface area (Å²) in [7, 11) is 0. The van der Waals surface area contributed by atoms with Crippen LogP contribution in [-0.4, -0.2) is 20.0 Å². The molecule has 15 heavy (non-hydrogen) atoms. The van der Waals surface area contributed by atoms with E-state index in [1.54, 1.807) is 12.1 Å². The van der Waals surface area contributed by atoms with Crippen molar-refractivity contribution in [3.8, 4) is 11.4 Å². The lowest BCUT2D eigenvalue weighted by molar-refractivity contribution is 0.280. The van der Waals surface area contributed by atoms with Gasteiger partial charge in [0.1, 0.15) is 5.75 Å². The fraction of sp³-hybridized carbons (Fsp3) is 0.100. The molecule has 1 aromatic carbocycles. The molecule has 0 aliphatic heterocycles. The highest BCUT2D eigenvalue weighted by atomic mass is 16.3. The van der Waals surface area contributed by atoms with Gasteiger partial charge in [-0.3, -0.25) is 9.89 Å². The number of aliphatic hydroxyl groups is 1. The van der Waals surface area contributed by atoms with Gasteiger partial charge in [-0.1, -0.05) is 6.07 Å². The van der Waals surface area contributed by atoms with Crippen molar-refractivity contribution in [3.05, 3.63) is 46.4 Å². The molecule has 0 aliphatic rings. The molecular formula is C10H10N2O3. The Hall–Kier alpha value is -2.01. The third-order valence-corrected chi connectivity index (χ3v) is 2.10. The number of aromatic hydroxyl groups is 1.